The van der Waals surface area contributed by atoms with E-state index < -0.39 is 10.0 Å². The van der Waals surface area contributed by atoms with Crippen LogP contribution in [-0.4, -0.2) is 23.2 Å². The third kappa shape index (κ3) is 3.48. The summed E-state index contributed by atoms with van der Waals surface area (Å²) in [6.07, 6.45) is 1.31. The van der Waals surface area contributed by atoms with E-state index in [1.165, 1.54) is 11.1 Å². The minimum Gasteiger partial charge on any atom is -0.300 e. The number of rotatable bonds is 5. The molecule has 21 heavy (non-hydrogen) atoms. The molecule has 114 valence electrons. The molecule has 0 amide bonds. The van der Waals surface area contributed by atoms with Gasteiger partial charge in [0.05, 0.1) is 0 Å². The van der Waals surface area contributed by atoms with Gasteiger partial charge in [0.1, 0.15) is 5.82 Å². The molecule has 0 atom stereocenters. The summed E-state index contributed by atoms with van der Waals surface area (Å²) < 4.78 is 24.7. The Balaban J connectivity index is 2.40. The van der Waals surface area contributed by atoms with Gasteiger partial charge in [-0.05, 0) is 37.0 Å². The molecule has 1 heterocycles. The van der Waals surface area contributed by atoms with Crippen molar-refractivity contribution in [2.24, 2.45) is 5.14 Å². The summed E-state index contributed by atoms with van der Waals surface area (Å²) in [5.74, 6) is 0.615. The fourth-order valence-corrected chi connectivity index (χ4v) is 2.86. The maximum atomic E-state index is 11.5. The van der Waals surface area contributed by atoms with Crippen LogP contribution in [0.1, 0.15) is 35.9 Å². The van der Waals surface area contributed by atoms with Gasteiger partial charge in [-0.3, -0.25) is 0 Å². The third-order valence-electron chi connectivity index (χ3n) is 3.43. The average molecular weight is 308 g/mol. The van der Waals surface area contributed by atoms with Gasteiger partial charge in [0.25, 0.3) is 15.2 Å². The minimum absolute atomic E-state index is 0.164. The monoisotopic (exact) mass is 308 g/mol. The standard InChI is InChI=1S/C14H20N4O2S/c1-4-7-18-13(16-17-14(18)21(15,19)20)9-12-6-5-10(2)11(3)8-12/h5-6,8H,4,7,9H2,1-3H3,(H2,15,19,20). The van der Waals surface area contributed by atoms with Crippen LogP contribution >= 0.6 is 0 Å². The van der Waals surface area contributed by atoms with Crippen LogP contribution in [0, 0.1) is 13.8 Å². The van der Waals surface area contributed by atoms with Gasteiger partial charge < -0.3 is 4.57 Å². The lowest BCUT2D eigenvalue weighted by Gasteiger charge is -2.09. The topological polar surface area (TPSA) is 90.9 Å². The Kier molecular flexibility index (Phi) is 4.43. The molecule has 1 aromatic carbocycles. The number of sulfonamides is 1. The van der Waals surface area contributed by atoms with Crippen LogP contribution in [0.25, 0.3) is 0 Å². The fraction of sp³-hybridized carbons (Fsp3) is 0.429. The predicted octanol–water partition coefficient (Wildman–Crippen LogP) is 1.54. The molecule has 2 aromatic rings. The Bertz CT molecular complexity index is 750. The van der Waals surface area contributed by atoms with Crippen LogP contribution < -0.4 is 5.14 Å². The molecule has 0 aliphatic rings. The first-order valence-corrected chi connectivity index (χ1v) is 8.38. The van der Waals surface area contributed by atoms with Crippen LogP contribution in [0.3, 0.4) is 0 Å². The van der Waals surface area contributed by atoms with Gasteiger partial charge in [0, 0.05) is 13.0 Å². The molecule has 6 nitrogen and oxygen atoms in total. The largest absolute Gasteiger partial charge is 0.300 e. The Hall–Kier alpha value is -1.73. The number of nitrogens with zero attached hydrogens (tertiary/aromatic N) is 3. The first-order chi connectivity index (χ1) is 9.82. The number of primary sulfonamides is 1. The van der Waals surface area contributed by atoms with E-state index in [-0.39, 0.29) is 5.16 Å². The van der Waals surface area contributed by atoms with Crippen molar-refractivity contribution in [1.29, 1.82) is 0 Å². The lowest BCUT2D eigenvalue weighted by molar-refractivity contribution is 0.550. The zero-order chi connectivity index (χ0) is 15.6. The summed E-state index contributed by atoms with van der Waals surface area (Å²) in [4.78, 5) is 0. The summed E-state index contributed by atoms with van der Waals surface area (Å²) >= 11 is 0. The lowest BCUT2D eigenvalue weighted by atomic mass is 10.0. The van der Waals surface area contributed by atoms with Gasteiger partial charge in [0.2, 0.25) is 0 Å². The second-order valence-corrected chi connectivity index (χ2v) is 6.65. The maximum absolute atomic E-state index is 11.5. The SMILES string of the molecule is CCCn1c(Cc2ccc(C)c(C)c2)nnc1S(N)(=O)=O. The Morgan fingerprint density at radius 3 is 2.48 bits per heavy atom. The van der Waals surface area contributed by atoms with Crippen LogP contribution in [0.5, 0.6) is 0 Å². The number of hydrogen-bond acceptors (Lipinski definition) is 4. The summed E-state index contributed by atoms with van der Waals surface area (Å²) in [5, 5.41) is 12.8. The van der Waals surface area contributed by atoms with Gasteiger partial charge >= 0.3 is 0 Å². The summed E-state index contributed by atoms with van der Waals surface area (Å²) in [6, 6.07) is 6.15. The van der Waals surface area contributed by atoms with Gasteiger partial charge in [-0.2, -0.15) is 0 Å². The molecule has 7 heteroatoms. The third-order valence-corrected chi connectivity index (χ3v) is 4.24. The Morgan fingerprint density at radius 2 is 1.90 bits per heavy atom. The van der Waals surface area contributed by atoms with Gasteiger partial charge in [-0.15, -0.1) is 10.2 Å². The van der Waals surface area contributed by atoms with Gasteiger partial charge in [-0.1, -0.05) is 25.1 Å². The van der Waals surface area contributed by atoms with E-state index in [9.17, 15) is 8.42 Å². The molecule has 0 unspecified atom stereocenters. The second kappa shape index (κ2) is 5.95. The molecule has 0 bridgehead atoms. The van der Waals surface area contributed by atoms with E-state index in [2.05, 4.69) is 23.2 Å². The van der Waals surface area contributed by atoms with Crippen LogP contribution in [0.2, 0.25) is 0 Å². The molecule has 1 aromatic heterocycles. The first kappa shape index (κ1) is 15.7. The number of hydrogen-bond donors (Lipinski definition) is 1. The molecule has 0 saturated carbocycles. The van der Waals surface area contributed by atoms with Crippen molar-refractivity contribution in [1.82, 2.24) is 14.8 Å². The van der Waals surface area contributed by atoms with Crippen molar-refractivity contribution < 1.29 is 8.42 Å². The zero-order valence-corrected chi connectivity index (χ0v) is 13.3. The molecule has 2 rings (SSSR count). The van der Waals surface area contributed by atoms with Crippen molar-refractivity contribution in [3.8, 4) is 0 Å². The number of aryl methyl sites for hydroxylation is 2. The highest BCUT2D eigenvalue weighted by Gasteiger charge is 2.20. The van der Waals surface area contributed by atoms with Crippen LogP contribution in [0.15, 0.2) is 23.4 Å². The molecule has 0 spiro atoms. The van der Waals surface area contributed by atoms with Crippen molar-refractivity contribution in [3.63, 3.8) is 0 Å². The first-order valence-electron chi connectivity index (χ1n) is 6.84. The van der Waals surface area contributed by atoms with E-state index in [1.54, 1.807) is 4.57 Å². The van der Waals surface area contributed by atoms with E-state index >= 15 is 0 Å². The normalized spacial score (nSPS) is 11.8. The van der Waals surface area contributed by atoms with Crippen LogP contribution in [-0.2, 0) is 23.0 Å². The van der Waals surface area contributed by atoms with Crippen LogP contribution in [0.4, 0.5) is 0 Å². The number of aromatic nitrogens is 3. The Labute approximate surface area is 125 Å². The predicted molar refractivity (Wildman–Crippen MR) is 80.4 cm³/mol. The Morgan fingerprint density at radius 1 is 1.19 bits per heavy atom. The van der Waals surface area contributed by atoms with E-state index in [1.807, 2.05) is 26.0 Å². The van der Waals surface area contributed by atoms with E-state index in [0.717, 1.165) is 12.0 Å². The van der Waals surface area contributed by atoms with Gasteiger partial charge in [-0.25, -0.2) is 13.6 Å². The molecular formula is C14H20N4O2S. The summed E-state index contributed by atoms with van der Waals surface area (Å²) in [5.41, 5.74) is 3.49. The highest BCUT2D eigenvalue weighted by molar-refractivity contribution is 7.89. The maximum Gasteiger partial charge on any atom is 0.273 e. The van der Waals surface area contributed by atoms with E-state index in [0.29, 0.717) is 18.8 Å². The van der Waals surface area contributed by atoms with Gasteiger partial charge in [0.15, 0.2) is 0 Å². The summed E-state index contributed by atoms with van der Waals surface area (Å²) in [6.45, 7) is 6.59. The molecular weight excluding hydrogens is 288 g/mol. The molecule has 0 fully saturated rings. The van der Waals surface area contributed by atoms with Crippen molar-refractivity contribution in [3.05, 3.63) is 40.7 Å². The average Bonchev–Trinajstić information content (AvgIpc) is 2.77. The lowest BCUT2D eigenvalue weighted by Crippen LogP contribution is -2.19. The smallest absolute Gasteiger partial charge is 0.273 e. The van der Waals surface area contributed by atoms with Crippen molar-refractivity contribution >= 4 is 10.0 Å². The zero-order valence-electron chi connectivity index (χ0n) is 12.5. The summed E-state index contributed by atoms with van der Waals surface area (Å²) in [7, 11) is -3.85. The number of benzene rings is 1. The minimum atomic E-state index is -3.85. The molecule has 2 N–H and O–H groups in total. The second-order valence-electron chi connectivity index (χ2n) is 5.19. The number of nitrogens with two attached hydrogens (primary N) is 1. The highest BCUT2D eigenvalue weighted by Crippen LogP contribution is 2.15. The van der Waals surface area contributed by atoms with Crippen molar-refractivity contribution in [2.45, 2.75) is 45.3 Å². The quantitative estimate of drug-likeness (QED) is 0.907. The molecule has 0 radical (unpaired) electrons. The molecule has 0 saturated heterocycles. The van der Waals surface area contributed by atoms with E-state index in [4.69, 9.17) is 5.14 Å². The highest BCUT2D eigenvalue weighted by atomic mass is 32.2. The molecule has 0 aliphatic carbocycles. The van der Waals surface area contributed by atoms with Crippen molar-refractivity contribution in [2.75, 3.05) is 0 Å². The fourth-order valence-electron chi connectivity index (χ4n) is 2.20. The molecule has 0 aliphatic heterocycles.